The first-order chi connectivity index (χ1) is 13.5. The SMILES string of the molecule is C=C(CCCC(=O)O)CCN1C(=O)SCC[C@@H]1/C=C/C(O)Cc1ccccc1. The molecule has 1 heterocycles. The van der Waals surface area contributed by atoms with Gasteiger partial charge in [0.1, 0.15) is 0 Å². The van der Waals surface area contributed by atoms with E-state index in [1.807, 2.05) is 41.3 Å². The predicted octanol–water partition coefficient (Wildman–Crippen LogP) is 4.27. The summed E-state index contributed by atoms with van der Waals surface area (Å²) in [5.41, 5.74) is 2.04. The van der Waals surface area contributed by atoms with Gasteiger partial charge in [-0.2, -0.15) is 0 Å². The van der Waals surface area contributed by atoms with Crippen molar-refractivity contribution in [2.24, 2.45) is 0 Å². The summed E-state index contributed by atoms with van der Waals surface area (Å²) >= 11 is 1.32. The fourth-order valence-corrected chi connectivity index (χ4v) is 4.10. The van der Waals surface area contributed by atoms with Crippen LogP contribution in [-0.2, 0) is 11.2 Å². The van der Waals surface area contributed by atoms with Crippen LogP contribution in [0.1, 0.15) is 37.7 Å². The minimum atomic E-state index is -0.797. The van der Waals surface area contributed by atoms with Crippen LogP contribution in [0.5, 0.6) is 0 Å². The predicted molar refractivity (Wildman–Crippen MR) is 114 cm³/mol. The standard InChI is InChI=1S/C22H29NO4S/c1-17(6-5-9-21(25)26)12-14-23-19(13-15-28-22(23)27)10-11-20(24)16-18-7-3-2-4-8-18/h2-4,7-8,10-11,19-20,24H,1,5-6,9,12-16H2,(H,25,26)/b11-10+/t19-,20?/m0/s1. The summed E-state index contributed by atoms with van der Waals surface area (Å²) in [6.45, 7) is 4.58. The Hall–Kier alpha value is -2.05. The van der Waals surface area contributed by atoms with Crippen molar-refractivity contribution in [1.29, 1.82) is 0 Å². The molecule has 1 aliphatic heterocycles. The Morgan fingerprint density at radius 3 is 2.75 bits per heavy atom. The quantitative estimate of drug-likeness (QED) is 0.540. The summed E-state index contributed by atoms with van der Waals surface area (Å²) in [4.78, 5) is 24.8. The minimum Gasteiger partial charge on any atom is -0.481 e. The molecule has 2 atom stereocenters. The first-order valence-electron chi connectivity index (χ1n) is 9.68. The number of aliphatic hydroxyl groups excluding tert-OH is 1. The molecule has 0 aromatic heterocycles. The lowest BCUT2D eigenvalue weighted by atomic mass is 10.0. The van der Waals surface area contributed by atoms with Crippen LogP contribution in [0.2, 0.25) is 0 Å². The van der Waals surface area contributed by atoms with Crippen LogP contribution in [-0.4, -0.2) is 50.8 Å². The first kappa shape index (κ1) is 22.2. The van der Waals surface area contributed by atoms with Crippen molar-refractivity contribution < 1.29 is 19.8 Å². The highest BCUT2D eigenvalue weighted by molar-refractivity contribution is 8.13. The Kier molecular flexibility index (Phi) is 9.31. The molecular weight excluding hydrogens is 374 g/mol. The van der Waals surface area contributed by atoms with Gasteiger partial charge in [-0.15, -0.1) is 0 Å². The Bertz CT molecular complexity index is 689. The average Bonchev–Trinajstić information content (AvgIpc) is 2.66. The molecule has 0 aliphatic carbocycles. The summed E-state index contributed by atoms with van der Waals surface area (Å²) in [7, 11) is 0. The van der Waals surface area contributed by atoms with Crippen molar-refractivity contribution in [2.45, 2.75) is 50.7 Å². The summed E-state index contributed by atoms with van der Waals surface area (Å²) in [6, 6.07) is 9.80. The largest absolute Gasteiger partial charge is 0.481 e. The number of thioether (sulfide) groups is 1. The van der Waals surface area contributed by atoms with Gasteiger partial charge in [-0.05, 0) is 31.2 Å². The van der Waals surface area contributed by atoms with Gasteiger partial charge >= 0.3 is 5.97 Å². The number of aliphatic hydroxyl groups is 1. The van der Waals surface area contributed by atoms with Gasteiger partial charge in [0, 0.05) is 25.1 Å². The normalized spacial score (nSPS) is 18.4. The topological polar surface area (TPSA) is 77.8 Å². The van der Waals surface area contributed by atoms with E-state index in [0.29, 0.717) is 32.2 Å². The first-order valence-corrected chi connectivity index (χ1v) is 10.7. The maximum absolute atomic E-state index is 12.3. The van der Waals surface area contributed by atoms with Gasteiger partial charge in [0.05, 0.1) is 12.1 Å². The summed E-state index contributed by atoms with van der Waals surface area (Å²) < 4.78 is 0. The number of carbonyl (C=O) groups is 2. The molecule has 2 N–H and O–H groups in total. The smallest absolute Gasteiger partial charge is 0.303 e. The fourth-order valence-electron chi connectivity index (χ4n) is 3.17. The van der Waals surface area contributed by atoms with Crippen molar-refractivity contribution >= 4 is 23.0 Å². The Labute approximate surface area is 171 Å². The fraction of sp³-hybridized carbons (Fsp3) is 0.455. The third-order valence-electron chi connectivity index (χ3n) is 4.74. The highest BCUT2D eigenvalue weighted by atomic mass is 32.2. The monoisotopic (exact) mass is 403 g/mol. The molecular formula is C22H29NO4S. The molecule has 152 valence electrons. The molecule has 1 aliphatic rings. The second kappa shape index (κ2) is 11.7. The zero-order valence-electron chi connectivity index (χ0n) is 16.1. The number of aliphatic carboxylic acids is 1. The lowest BCUT2D eigenvalue weighted by Gasteiger charge is -2.33. The molecule has 1 fully saturated rings. The van der Waals surface area contributed by atoms with E-state index in [9.17, 15) is 14.7 Å². The Morgan fingerprint density at radius 2 is 2.04 bits per heavy atom. The number of rotatable bonds is 11. The zero-order valence-corrected chi connectivity index (χ0v) is 16.9. The third-order valence-corrected chi connectivity index (χ3v) is 5.67. The molecule has 1 aromatic rings. The number of benzene rings is 1. The number of hydrogen-bond donors (Lipinski definition) is 2. The number of nitrogens with zero attached hydrogens (tertiary/aromatic N) is 1. The summed E-state index contributed by atoms with van der Waals surface area (Å²) in [6.07, 6.45) is 6.60. The van der Waals surface area contributed by atoms with Crippen molar-refractivity contribution in [3.63, 3.8) is 0 Å². The molecule has 1 unspecified atom stereocenters. The van der Waals surface area contributed by atoms with Crippen molar-refractivity contribution in [3.05, 3.63) is 60.2 Å². The van der Waals surface area contributed by atoms with Crippen LogP contribution < -0.4 is 0 Å². The second-order valence-corrected chi connectivity index (χ2v) is 8.10. The van der Waals surface area contributed by atoms with E-state index in [4.69, 9.17) is 5.11 Å². The van der Waals surface area contributed by atoms with Gasteiger partial charge in [0.2, 0.25) is 0 Å². The van der Waals surface area contributed by atoms with Crippen LogP contribution in [0.3, 0.4) is 0 Å². The molecule has 0 spiro atoms. The second-order valence-electron chi connectivity index (χ2n) is 7.05. The van der Waals surface area contributed by atoms with Gasteiger partial charge in [-0.3, -0.25) is 9.59 Å². The molecule has 1 amide bonds. The van der Waals surface area contributed by atoms with Crippen LogP contribution >= 0.6 is 11.8 Å². The van der Waals surface area contributed by atoms with E-state index < -0.39 is 12.1 Å². The van der Waals surface area contributed by atoms with Crippen molar-refractivity contribution in [1.82, 2.24) is 4.90 Å². The number of hydrogen-bond acceptors (Lipinski definition) is 4. The maximum atomic E-state index is 12.3. The van der Waals surface area contributed by atoms with E-state index in [0.717, 1.165) is 23.3 Å². The average molecular weight is 404 g/mol. The van der Waals surface area contributed by atoms with Gasteiger partial charge in [0.25, 0.3) is 5.24 Å². The molecule has 1 saturated heterocycles. The molecule has 1 aromatic carbocycles. The highest BCUT2D eigenvalue weighted by Gasteiger charge is 2.26. The number of amides is 1. The van der Waals surface area contributed by atoms with E-state index >= 15 is 0 Å². The van der Waals surface area contributed by atoms with E-state index in [2.05, 4.69) is 6.58 Å². The van der Waals surface area contributed by atoms with Gasteiger partial charge in [0.15, 0.2) is 0 Å². The Morgan fingerprint density at radius 1 is 1.29 bits per heavy atom. The van der Waals surface area contributed by atoms with Crippen LogP contribution in [0.15, 0.2) is 54.6 Å². The minimum absolute atomic E-state index is 0.0222. The lowest BCUT2D eigenvalue weighted by molar-refractivity contribution is -0.137. The summed E-state index contributed by atoms with van der Waals surface area (Å²) in [5, 5.41) is 19.1. The Balaban J connectivity index is 1.85. The third kappa shape index (κ3) is 7.90. The molecule has 2 rings (SSSR count). The lowest BCUT2D eigenvalue weighted by Crippen LogP contribution is -2.41. The van der Waals surface area contributed by atoms with E-state index in [1.54, 1.807) is 6.08 Å². The number of carboxylic acids is 1. The zero-order chi connectivity index (χ0) is 20.4. The maximum Gasteiger partial charge on any atom is 0.303 e. The van der Waals surface area contributed by atoms with E-state index in [-0.39, 0.29) is 17.7 Å². The van der Waals surface area contributed by atoms with Crippen molar-refractivity contribution in [3.8, 4) is 0 Å². The molecule has 28 heavy (non-hydrogen) atoms. The molecule has 0 radical (unpaired) electrons. The van der Waals surface area contributed by atoms with Gasteiger partial charge in [-0.1, -0.05) is 66.4 Å². The van der Waals surface area contributed by atoms with Gasteiger partial charge < -0.3 is 15.1 Å². The van der Waals surface area contributed by atoms with Crippen LogP contribution in [0.25, 0.3) is 0 Å². The molecule has 5 nitrogen and oxygen atoms in total. The number of carboxylic acid groups (broad SMARTS) is 1. The molecule has 6 heteroatoms. The van der Waals surface area contributed by atoms with E-state index in [1.165, 1.54) is 11.8 Å². The summed E-state index contributed by atoms with van der Waals surface area (Å²) in [5.74, 6) is -0.0201. The van der Waals surface area contributed by atoms with Gasteiger partial charge in [-0.25, -0.2) is 0 Å². The molecule has 0 bridgehead atoms. The van der Waals surface area contributed by atoms with Crippen molar-refractivity contribution in [2.75, 3.05) is 12.3 Å². The number of carbonyl (C=O) groups excluding carboxylic acids is 1. The van der Waals surface area contributed by atoms with Crippen LogP contribution in [0.4, 0.5) is 4.79 Å². The van der Waals surface area contributed by atoms with Crippen LogP contribution in [0, 0.1) is 0 Å². The molecule has 0 saturated carbocycles. The highest BCUT2D eigenvalue weighted by Crippen LogP contribution is 2.25.